The fourth-order valence-corrected chi connectivity index (χ4v) is 5.54. The van der Waals surface area contributed by atoms with Crippen LogP contribution >= 0.6 is 0 Å². The molecule has 2 unspecified atom stereocenters. The summed E-state index contributed by atoms with van der Waals surface area (Å²) < 4.78 is 107. The van der Waals surface area contributed by atoms with E-state index in [2.05, 4.69) is 0 Å². The number of sulfonamides is 1. The van der Waals surface area contributed by atoms with Crippen molar-refractivity contribution in [3.05, 3.63) is 0 Å². The van der Waals surface area contributed by atoms with Crippen molar-refractivity contribution in [3.8, 4) is 0 Å². The molecule has 12 heteroatoms. The number of nitrogens with zero attached hydrogens (tertiary/aromatic N) is 1. The molecule has 23 heavy (non-hydrogen) atoms. The molecule has 1 saturated carbocycles. The predicted molar refractivity (Wildman–Crippen MR) is 72.0 cm³/mol. The minimum absolute atomic E-state index is 0.158. The van der Waals surface area contributed by atoms with Crippen molar-refractivity contribution in [3.63, 3.8) is 0 Å². The van der Waals surface area contributed by atoms with E-state index in [4.69, 9.17) is 4.55 Å². The van der Waals surface area contributed by atoms with Crippen LogP contribution in [0.5, 0.6) is 0 Å². The summed E-state index contributed by atoms with van der Waals surface area (Å²) >= 11 is 0. The number of piperidine rings is 1. The molecule has 2 rings (SSSR count). The molecule has 6 nitrogen and oxygen atoms in total. The van der Waals surface area contributed by atoms with Gasteiger partial charge in [0.15, 0.2) is 0 Å². The second-order valence-corrected chi connectivity index (χ2v) is 9.41. The van der Waals surface area contributed by atoms with Gasteiger partial charge in [0.25, 0.3) is 10.0 Å². The quantitative estimate of drug-likeness (QED) is 0.591. The van der Waals surface area contributed by atoms with Crippen LogP contribution in [0.3, 0.4) is 0 Å². The van der Waals surface area contributed by atoms with Crippen LogP contribution in [0.2, 0.25) is 0 Å². The maximum atomic E-state index is 13.8. The van der Waals surface area contributed by atoms with E-state index in [1.165, 1.54) is 0 Å². The summed E-state index contributed by atoms with van der Waals surface area (Å²) in [5, 5.41) is -12.1. The molecule has 1 N–H and O–H groups in total. The number of alkyl halides is 4. The molecule has 136 valence electrons. The Kier molecular flexibility index (Phi) is 4.77. The van der Waals surface area contributed by atoms with Crippen molar-refractivity contribution in [2.75, 3.05) is 13.1 Å². The number of rotatable bonds is 4. The topological polar surface area (TPSA) is 91.7 Å². The highest BCUT2D eigenvalue weighted by Crippen LogP contribution is 2.45. The lowest BCUT2D eigenvalue weighted by atomic mass is 9.76. The Balaban J connectivity index is 2.30. The van der Waals surface area contributed by atoms with Gasteiger partial charge in [0, 0.05) is 13.1 Å². The summed E-state index contributed by atoms with van der Waals surface area (Å²) in [6, 6.07) is 0. The third-order valence-corrected chi connectivity index (χ3v) is 7.53. The summed E-state index contributed by atoms with van der Waals surface area (Å²) in [6.45, 7) is -0.717. The third kappa shape index (κ3) is 2.98. The highest BCUT2D eigenvalue weighted by atomic mass is 32.2. The first kappa shape index (κ1) is 18.9. The number of hydrogen-bond donors (Lipinski definition) is 1. The van der Waals surface area contributed by atoms with Crippen molar-refractivity contribution in [2.24, 2.45) is 11.8 Å². The monoisotopic (exact) mass is 383 g/mol. The van der Waals surface area contributed by atoms with Gasteiger partial charge in [-0.1, -0.05) is 19.3 Å². The Morgan fingerprint density at radius 2 is 1.39 bits per heavy atom. The molecule has 0 bridgehead atoms. The average Bonchev–Trinajstić information content (AvgIpc) is 2.45. The third-order valence-electron chi connectivity index (χ3n) is 4.58. The Morgan fingerprint density at radius 1 is 0.870 bits per heavy atom. The molecule has 2 aliphatic rings. The van der Waals surface area contributed by atoms with Crippen LogP contribution in [0.25, 0.3) is 0 Å². The number of halogens is 4. The highest BCUT2D eigenvalue weighted by Gasteiger charge is 2.74. The van der Waals surface area contributed by atoms with Gasteiger partial charge in [-0.25, -0.2) is 8.42 Å². The summed E-state index contributed by atoms with van der Waals surface area (Å²) in [4.78, 5) is 0. The normalized spacial score (nSPS) is 28.4. The van der Waals surface area contributed by atoms with Crippen LogP contribution in [0.4, 0.5) is 17.6 Å². The van der Waals surface area contributed by atoms with Crippen molar-refractivity contribution in [1.82, 2.24) is 4.31 Å². The van der Waals surface area contributed by atoms with Gasteiger partial charge < -0.3 is 0 Å². The van der Waals surface area contributed by atoms with Gasteiger partial charge in [-0.15, -0.1) is 0 Å². The molecule has 0 spiro atoms. The van der Waals surface area contributed by atoms with Crippen LogP contribution in [-0.4, -0.2) is 49.3 Å². The smallest absolute Gasteiger partial charge is 0.281 e. The molecule has 2 atom stereocenters. The number of hydrogen-bond acceptors (Lipinski definition) is 4. The lowest BCUT2D eigenvalue weighted by Crippen LogP contribution is -2.58. The Labute approximate surface area is 131 Å². The van der Waals surface area contributed by atoms with Crippen molar-refractivity contribution in [2.45, 2.75) is 42.6 Å². The molecule has 0 radical (unpaired) electrons. The Bertz CT molecular complexity index is 664. The molecular weight excluding hydrogens is 366 g/mol. The van der Waals surface area contributed by atoms with Gasteiger partial charge >= 0.3 is 20.6 Å². The first-order valence-electron chi connectivity index (χ1n) is 7.04. The largest absolute Gasteiger partial charge is 0.448 e. The molecule has 2 fully saturated rings. The van der Waals surface area contributed by atoms with E-state index in [0.717, 1.165) is 19.3 Å². The molecule has 0 aromatic heterocycles. The van der Waals surface area contributed by atoms with E-state index in [0.29, 0.717) is 6.42 Å². The van der Waals surface area contributed by atoms with Gasteiger partial charge in [0.2, 0.25) is 0 Å². The molecule has 1 aliphatic carbocycles. The van der Waals surface area contributed by atoms with Crippen LogP contribution in [0, 0.1) is 11.8 Å². The second-order valence-electron chi connectivity index (χ2n) is 5.96. The first-order valence-corrected chi connectivity index (χ1v) is 9.92. The van der Waals surface area contributed by atoms with Crippen LogP contribution in [-0.2, 0) is 20.1 Å². The maximum Gasteiger partial charge on any atom is 0.448 e. The van der Waals surface area contributed by atoms with Crippen molar-refractivity contribution in [1.29, 1.82) is 0 Å². The fourth-order valence-electron chi connectivity index (χ4n) is 3.25. The predicted octanol–water partition coefficient (Wildman–Crippen LogP) is 1.90. The van der Waals surface area contributed by atoms with E-state index in [9.17, 15) is 34.4 Å². The fraction of sp³-hybridized carbons (Fsp3) is 1.00. The zero-order valence-electron chi connectivity index (χ0n) is 12.0. The second kappa shape index (κ2) is 5.81. The van der Waals surface area contributed by atoms with Gasteiger partial charge in [0.05, 0.1) is 0 Å². The lowest BCUT2D eigenvalue weighted by molar-refractivity contribution is -0.105. The zero-order chi connectivity index (χ0) is 17.7. The first-order chi connectivity index (χ1) is 10.3. The van der Waals surface area contributed by atoms with E-state index in [-0.39, 0.29) is 35.7 Å². The summed E-state index contributed by atoms with van der Waals surface area (Å²) in [5.41, 5.74) is 0. The van der Waals surface area contributed by atoms with Crippen LogP contribution in [0.1, 0.15) is 32.1 Å². The zero-order valence-corrected chi connectivity index (χ0v) is 13.6. The lowest BCUT2D eigenvalue weighted by Gasteiger charge is -2.41. The minimum Gasteiger partial charge on any atom is -0.281 e. The average molecular weight is 383 g/mol. The van der Waals surface area contributed by atoms with E-state index >= 15 is 0 Å². The van der Waals surface area contributed by atoms with Crippen molar-refractivity contribution < 1.29 is 39.0 Å². The van der Waals surface area contributed by atoms with Crippen LogP contribution in [0.15, 0.2) is 0 Å². The summed E-state index contributed by atoms with van der Waals surface area (Å²) in [5.74, 6) is -0.0478. The van der Waals surface area contributed by atoms with Crippen LogP contribution < -0.4 is 0 Å². The molecule has 1 saturated heterocycles. The van der Waals surface area contributed by atoms with E-state index in [1.807, 2.05) is 0 Å². The minimum atomic E-state index is -6.59. The van der Waals surface area contributed by atoms with Crippen molar-refractivity contribution >= 4 is 20.1 Å². The Hall–Kier alpha value is -0.460. The number of fused-ring (bicyclic) bond motifs is 1. The van der Waals surface area contributed by atoms with Gasteiger partial charge in [-0.05, 0) is 24.7 Å². The van der Waals surface area contributed by atoms with Gasteiger partial charge in [-0.3, -0.25) is 4.55 Å². The highest BCUT2D eigenvalue weighted by molar-refractivity contribution is 7.93. The molecule has 1 aliphatic heterocycles. The molecule has 0 aromatic rings. The summed E-state index contributed by atoms with van der Waals surface area (Å²) in [7, 11) is -12.5. The van der Waals surface area contributed by atoms with E-state index < -0.39 is 30.7 Å². The summed E-state index contributed by atoms with van der Waals surface area (Å²) in [6.07, 6.45) is 3.45. The van der Waals surface area contributed by atoms with E-state index in [1.54, 1.807) is 0 Å². The van der Waals surface area contributed by atoms with Gasteiger partial charge in [0.1, 0.15) is 0 Å². The standard InChI is InChI=1S/C11H17F4NO5S2/c12-10(13,11(14,15)23(19,20)21)22(17,18)16-6-5-8-3-1-2-4-9(8)7-16/h8-9H,1-7H2,(H,19,20,21). The SMILES string of the molecule is O=S(=O)(O)C(F)(F)C(F)(F)S(=O)(=O)N1CCC2CCCCC2C1. The molecule has 1 heterocycles. The molecule has 0 amide bonds. The maximum absolute atomic E-state index is 13.8. The van der Waals surface area contributed by atoms with Gasteiger partial charge in [-0.2, -0.15) is 30.3 Å². The Morgan fingerprint density at radius 3 is 1.91 bits per heavy atom. The molecule has 0 aromatic carbocycles. The molecular formula is C11H17F4NO5S2.